The highest BCUT2D eigenvalue weighted by molar-refractivity contribution is 5.49. The van der Waals surface area contributed by atoms with Gasteiger partial charge in [-0.1, -0.05) is 43.3 Å². The highest BCUT2D eigenvalue weighted by Crippen LogP contribution is 2.40. The predicted molar refractivity (Wildman–Crippen MR) is 105 cm³/mol. The molecule has 3 unspecified atom stereocenters. The van der Waals surface area contributed by atoms with Crippen LogP contribution in [0.3, 0.4) is 0 Å². The van der Waals surface area contributed by atoms with E-state index in [9.17, 15) is 0 Å². The number of hydrogen-bond acceptors (Lipinski definition) is 1. The van der Waals surface area contributed by atoms with E-state index in [0.29, 0.717) is 12.0 Å². The lowest BCUT2D eigenvalue weighted by molar-refractivity contribution is 0.0186. The van der Waals surface area contributed by atoms with E-state index in [1.165, 1.54) is 35.1 Å². The molecule has 2 aromatic rings. The third-order valence-electron chi connectivity index (χ3n) is 6.24. The molecule has 25 heavy (non-hydrogen) atoms. The Morgan fingerprint density at radius 3 is 2.56 bits per heavy atom. The monoisotopic (exact) mass is 334 g/mol. The number of rotatable bonds is 4. The summed E-state index contributed by atoms with van der Waals surface area (Å²) in [6.07, 6.45) is 6.32. The van der Waals surface area contributed by atoms with Crippen LogP contribution in [0.2, 0.25) is 0 Å². The Hall–Kier alpha value is -1.60. The molecule has 4 rings (SSSR count). The molecule has 0 spiro atoms. The molecule has 1 fully saturated rings. The van der Waals surface area contributed by atoms with Crippen LogP contribution in [0, 0.1) is 6.92 Å². The fraction of sp³-hybridized carbons (Fsp3) is 0.500. The van der Waals surface area contributed by atoms with Crippen molar-refractivity contribution in [2.24, 2.45) is 0 Å². The summed E-state index contributed by atoms with van der Waals surface area (Å²) in [6, 6.07) is 14.2. The second-order valence-electron chi connectivity index (χ2n) is 8.12. The second-order valence-corrected chi connectivity index (χ2v) is 8.12. The first-order valence-corrected chi connectivity index (χ1v) is 9.96. The maximum absolute atomic E-state index is 5.69. The summed E-state index contributed by atoms with van der Waals surface area (Å²) in [4.78, 5) is 0. The van der Waals surface area contributed by atoms with Crippen LogP contribution in [0.15, 0.2) is 36.4 Å². The fourth-order valence-corrected chi connectivity index (χ4v) is 4.84. The molecule has 2 aromatic carbocycles. The number of benzene rings is 2. The Kier molecular flexibility index (Phi) is 4.69. The van der Waals surface area contributed by atoms with E-state index >= 15 is 0 Å². The van der Waals surface area contributed by atoms with Crippen molar-refractivity contribution in [2.45, 2.75) is 70.8 Å². The van der Waals surface area contributed by atoms with E-state index in [0.717, 1.165) is 31.8 Å². The van der Waals surface area contributed by atoms with Gasteiger partial charge < -0.3 is 4.74 Å². The summed E-state index contributed by atoms with van der Waals surface area (Å²) >= 11 is 0. The normalized spacial score (nSPS) is 25.3. The molecule has 1 aliphatic carbocycles. The van der Waals surface area contributed by atoms with Gasteiger partial charge in [0.2, 0.25) is 0 Å². The van der Waals surface area contributed by atoms with Crippen molar-refractivity contribution in [1.82, 2.24) is 0 Å². The van der Waals surface area contributed by atoms with Crippen LogP contribution in [-0.4, -0.2) is 12.7 Å². The summed E-state index contributed by atoms with van der Waals surface area (Å²) in [5.41, 5.74) is 9.11. The van der Waals surface area contributed by atoms with Crippen molar-refractivity contribution in [3.8, 4) is 0 Å². The summed E-state index contributed by atoms with van der Waals surface area (Å²) in [6.45, 7) is 7.69. The van der Waals surface area contributed by atoms with E-state index in [1.807, 2.05) is 0 Å². The van der Waals surface area contributed by atoms with Crippen LogP contribution < -0.4 is 0 Å². The first-order valence-electron chi connectivity index (χ1n) is 9.96. The molecular weight excluding hydrogens is 304 g/mol. The average Bonchev–Trinajstić information content (AvgIpc) is 2.57. The summed E-state index contributed by atoms with van der Waals surface area (Å²) < 4.78 is 5.69. The van der Waals surface area contributed by atoms with Gasteiger partial charge in [-0.05, 0) is 91.2 Å². The lowest BCUT2D eigenvalue weighted by Gasteiger charge is -2.32. The lowest BCUT2D eigenvalue weighted by Crippen LogP contribution is -2.21. The van der Waals surface area contributed by atoms with E-state index < -0.39 is 0 Å². The SMILES string of the molecule is CCC1Cc2cc(Cc3ccc(C4CCOC(C)C4)cc3)cc(C)c21. The number of fused-ring (bicyclic) bond motifs is 1. The smallest absolute Gasteiger partial charge is 0.0552 e. The van der Waals surface area contributed by atoms with Gasteiger partial charge in [0.05, 0.1) is 6.10 Å². The van der Waals surface area contributed by atoms with Crippen LogP contribution in [0.1, 0.15) is 78.3 Å². The molecule has 1 aliphatic heterocycles. The molecule has 0 N–H and O–H groups in total. The Morgan fingerprint density at radius 1 is 1.08 bits per heavy atom. The minimum Gasteiger partial charge on any atom is -0.378 e. The van der Waals surface area contributed by atoms with Gasteiger partial charge in [0.15, 0.2) is 0 Å². The van der Waals surface area contributed by atoms with Crippen molar-refractivity contribution >= 4 is 0 Å². The molecule has 0 aromatic heterocycles. The Labute approximate surface area is 152 Å². The summed E-state index contributed by atoms with van der Waals surface area (Å²) in [5.74, 6) is 1.48. The van der Waals surface area contributed by atoms with Crippen LogP contribution >= 0.6 is 0 Å². The van der Waals surface area contributed by atoms with Gasteiger partial charge >= 0.3 is 0 Å². The molecule has 1 saturated heterocycles. The highest BCUT2D eigenvalue weighted by Gasteiger charge is 2.26. The van der Waals surface area contributed by atoms with E-state index in [1.54, 1.807) is 11.1 Å². The fourth-order valence-electron chi connectivity index (χ4n) is 4.84. The van der Waals surface area contributed by atoms with Crippen molar-refractivity contribution in [2.75, 3.05) is 6.61 Å². The summed E-state index contributed by atoms with van der Waals surface area (Å²) in [7, 11) is 0. The molecule has 132 valence electrons. The highest BCUT2D eigenvalue weighted by atomic mass is 16.5. The van der Waals surface area contributed by atoms with Crippen LogP contribution in [-0.2, 0) is 17.6 Å². The van der Waals surface area contributed by atoms with Crippen molar-refractivity contribution in [3.05, 3.63) is 69.8 Å². The molecule has 1 nitrogen and oxygen atoms in total. The van der Waals surface area contributed by atoms with Crippen LogP contribution in [0.25, 0.3) is 0 Å². The third kappa shape index (κ3) is 3.40. The van der Waals surface area contributed by atoms with Gasteiger partial charge in [0.25, 0.3) is 0 Å². The molecular formula is C24H30O. The minimum absolute atomic E-state index is 0.399. The van der Waals surface area contributed by atoms with Crippen LogP contribution in [0.4, 0.5) is 0 Å². The van der Waals surface area contributed by atoms with Gasteiger partial charge in [-0.3, -0.25) is 0 Å². The predicted octanol–water partition coefficient (Wildman–Crippen LogP) is 5.92. The van der Waals surface area contributed by atoms with Crippen molar-refractivity contribution in [1.29, 1.82) is 0 Å². The zero-order valence-electron chi connectivity index (χ0n) is 15.8. The summed E-state index contributed by atoms with van der Waals surface area (Å²) in [5, 5.41) is 0. The molecule has 0 amide bonds. The van der Waals surface area contributed by atoms with Crippen LogP contribution in [0.5, 0.6) is 0 Å². The molecule has 0 radical (unpaired) electrons. The van der Waals surface area contributed by atoms with E-state index in [2.05, 4.69) is 57.2 Å². The van der Waals surface area contributed by atoms with Gasteiger partial charge in [-0.2, -0.15) is 0 Å². The standard InChI is InChI=1S/C24H30O/c1-4-20-15-23-14-19(11-16(2)24(20)23)13-18-5-7-21(8-6-18)22-9-10-25-17(3)12-22/h5-8,11,14,17,20,22H,4,9-10,12-13,15H2,1-3H3. The number of hydrogen-bond donors (Lipinski definition) is 0. The maximum Gasteiger partial charge on any atom is 0.0552 e. The van der Waals surface area contributed by atoms with E-state index in [-0.39, 0.29) is 0 Å². The second kappa shape index (κ2) is 6.96. The zero-order chi connectivity index (χ0) is 17.4. The number of ether oxygens (including phenoxy) is 1. The minimum atomic E-state index is 0.399. The van der Waals surface area contributed by atoms with Gasteiger partial charge in [0, 0.05) is 6.61 Å². The largest absolute Gasteiger partial charge is 0.378 e. The third-order valence-corrected chi connectivity index (χ3v) is 6.24. The lowest BCUT2D eigenvalue weighted by atomic mass is 9.73. The molecule has 1 heterocycles. The molecule has 1 heteroatoms. The van der Waals surface area contributed by atoms with E-state index in [4.69, 9.17) is 4.74 Å². The first kappa shape index (κ1) is 16.8. The molecule has 2 aliphatic rings. The van der Waals surface area contributed by atoms with Gasteiger partial charge in [0.1, 0.15) is 0 Å². The Balaban J connectivity index is 1.47. The topological polar surface area (TPSA) is 9.23 Å². The Morgan fingerprint density at radius 2 is 1.88 bits per heavy atom. The van der Waals surface area contributed by atoms with Gasteiger partial charge in [-0.25, -0.2) is 0 Å². The van der Waals surface area contributed by atoms with Crippen molar-refractivity contribution in [3.63, 3.8) is 0 Å². The molecule has 0 saturated carbocycles. The average molecular weight is 335 g/mol. The molecule has 3 atom stereocenters. The van der Waals surface area contributed by atoms with Crippen molar-refractivity contribution < 1.29 is 4.74 Å². The first-order chi connectivity index (χ1) is 12.1. The number of aryl methyl sites for hydroxylation is 1. The Bertz CT molecular complexity index is 726. The quantitative estimate of drug-likeness (QED) is 0.674. The maximum atomic E-state index is 5.69. The van der Waals surface area contributed by atoms with Gasteiger partial charge in [-0.15, -0.1) is 0 Å². The molecule has 0 bridgehead atoms. The zero-order valence-corrected chi connectivity index (χ0v) is 15.8.